The van der Waals surface area contributed by atoms with Crippen molar-refractivity contribution in [3.63, 3.8) is 0 Å². The van der Waals surface area contributed by atoms with Crippen molar-refractivity contribution in [1.29, 1.82) is 0 Å². The first-order chi connectivity index (χ1) is 8.19. The molecule has 0 aliphatic carbocycles. The molecule has 0 saturated carbocycles. The second kappa shape index (κ2) is 5.54. The van der Waals surface area contributed by atoms with E-state index in [0.717, 1.165) is 13.1 Å². The Morgan fingerprint density at radius 3 is 2.53 bits per heavy atom. The predicted molar refractivity (Wildman–Crippen MR) is 74.8 cm³/mol. The van der Waals surface area contributed by atoms with Gasteiger partial charge in [0.05, 0.1) is 0 Å². The molecule has 1 heterocycles. The first-order valence-electron chi connectivity index (χ1n) is 6.75. The highest BCUT2D eigenvalue weighted by atomic mass is 15.2. The van der Waals surface area contributed by atoms with Crippen molar-refractivity contribution in [1.82, 2.24) is 5.32 Å². The van der Waals surface area contributed by atoms with Gasteiger partial charge in [-0.05, 0) is 49.9 Å². The van der Waals surface area contributed by atoms with E-state index in [1.807, 2.05) is 0 Å². The van der Waals surface area contributed by atoms with Crippen molar-refractivity contribution in [3.8, 4) is 0 Å². The SMILES string of the molecule is CCC1CCN(c2cc(C)cc(C)c2)CCN1. The molecule has 0 spiro atoms. The minimum atomic E-state index is 0.700. The number of nitrogens with zero attached hydrogens (tertiary/aromatic N) is 1. The maximum absolute atomic E-state index is 3.62. The monoisotopic (exact) mass is 232 g/mol. The molecule has 1 saturated heterocycles. The number of benzene rings is 1. The summed E-state index contributed by atoms with van der Waals surface area (Å²) in [5.74, 6) is 0. The summed E-state index contributed by atoms with van der Waals surface area (Å²) < 4.78 is 0. The number of nitrogens with one attached hydrogen (secondary N) is 1. The van der Waals surface area contributed by atoms with Crippen LogP contribution >= 0.6 is 0 Å². The van der Waals surface area contributed by atoms with Gasteiger partial charge in [-0.25, -0.2) is 0 Å². The summed E-state index contributed by atoms with van der Waals surface area (Å²) in [5, 5.41) is 3.62. The standard InChI is InChI=1S/C15H24N2/c1-4-14-5-7-17(8-6-16-14)15-10-12(2)9-13(3)11-15/h9-11,14,16H,4-8H2,1-3H3. The minimum absolute atomic E-state index is 0.700. The Kier molecular flexibility index (Phi) is 4.06. The molecule has 0 radical (unpaired) electrons. The average molecular weight is 232 g/mol. The molecule has 1 fully saturated rings. The van der Waals surface area contributed by atoms with Crippen LogP contribution in [0.15, 0.2) is 18.2 Å². The van der Waals surface area contributed by atoms with Crippen LogP contribution in [-0.2, 0) is 0 Å². The zero-order valence-corrected chi connectivity index (χ0v) is 11.3. The zero-order valence-electron chi connectivity index (χ0n) is 11.3. The van der Waals surface area contributed by atoms with Crippen LogP contribution in [0.5, 0.6) is 0 Å². The quantitative estimate of drug-likeness (QED) is 0.843. The lowest BCUT2D eigenvalue weighted by molar-refractivity contribution is 0.510. The molecule has 0 aromatic heterocycles. The summed E-state index contributed by atoms with van der Waals surface area (Å²) in [7, 11) is 0. The highest BCUT2D eigenvalue weighted by Gasteiger charge is 2.15. The molecule has 1 unspecified atom stereocenters. The zero-order chi connectivity index (χ0) is 12.3. The van der Waals surface area contributed by atoms with Gasteiger partial charge in [0.2, 0.25) is 0 Å². The van der Waals surface area contributed by atoms with Crippen LogP contribution < -0.4 is 10.2 Å². The minimum Gasteiger partial charge on any atom is -0.370 e. The number of aryl methyl sites for hydroxylation is 2. The Morgan fingerprint density at radius 1 is 1.18 bits per heavy atom. The van der Waals surface area contributed by atoms with E-state index in [1.54, 1.807) is 0 Å². The lowest BCUT2D eigenvalue weighted by atomic mass is 10.1. The lowest BCUT2D eigenvalue weighted by Crippen LogP contribution is -2.30. The molecule has 1 aromatic carbocycles. The normalized spacial score (nSPS) is 21.4. The molecule has 1 aliphatic rings. The first-order valence-corrected chi connectivity index (χ1v) is 6.75. The van der Waals surface area contributed by atoms with Gasteiger partial charge in [-0.3, -0.25) is 0 Å². The third-order valence-corrected chi connectivity index (χ3v) is 3.63. The molecule has 1 aromatic rings. The van der Waals surface area contributed by atoms with Gasteiger partial charge in [-0.2, -0.15) is 0 Å². The van der Waals surface area contributed by atoms with Crippen molar-refractivity contribution >= 4 is 5.69 Å². The average Bonchev–Trinajstić information content (AvgIpc) is 2.52. The van der Waals surface area contributed by atoms with Crippen LogP contribution in [-0.4, -0.2) is 25.7 Å². The van der Waals surface area contributed by atoms with E-state index in [-0.39, 0.29) is 0 Å². The molecular weight excluding hydrogens is 208 g/mol. The van der Waals surface area contributed by atoms with E-state index >= 15 is 0 Å². The van der Waals surface area contributed by atoms with Gasteiger partial charge in [0, 0.05) is 31.4 Å². The fourth-order valence-electron chi connectivity index (χ4n) is 2.67. The molecular formula is C15H24N2. The number of rotatable bonds is 2. The van der Waals surface area contributed by atoms with Crippen LogP contribution in [0.25, 0.3) is 0 Å². The molecule has 2 heteroatoms. The molecule has 17 heavy (non-hydrogen) atoms. The smallest absolute Gasteiger partial charge is 0.0371 e. The molecule has 2 nitrogen and oxygen atoms in total. The number of anilines is 1. The highest BCUT2D eigenvalue weighted by molar-refractivity contribution is 5.51. The summed E-state index contributed by atoms with van der Waals surface area (Å²) in [6.07, 6.45) is 2.49. The van der Waals surface area contributed by atoms with Crippen LogP contribution in [0.2, 0.25) is 0 Å². The topological polar surface area (TPSA) is 15.3 Å². The highest BCUT2D eigenvalue weighted by Crippen LogP contribution is 2.20. The van der Waals surface area contributed by atoms with Gasteiger partial charge >= 0.3 is 0 Å². The Labute approximate surface area is 105 Å². The van der Waals surface area contributed by atoms with Gasteiger partial charge in [0.1, 0.15) is 0 Å². The van der Waals surface area contributed by atoms with Crippen LogP contribution in [0.1, 0.15) is 30.9 Å². The second-order valence-corrected chi connectivity index (χ2v) is 5.18. The summed E-state index contributed by atoms with van der Waals surface area (Å²) in [5.41, 5.74) is 4.12. The third-order valence-electron chi connectivity index (χ3n) is 3.63. The van der Waals surface area contributed by atoms with Crippen molar-refractivity contribution in [2.24, 2.45) is 0 Å². The van der Waals surface area contributed by atoms with Crippen LogP contribution in [0.3, 0.4) is 0 Å². The number of hydrogen-bond acceptors (Lipinski definition) is 2. The van der Waals surface area contributed by atoms with Crippen molar-refractivity contribution < 1.29 is 0 Å². The van der Waals surface area contributed by atoms with E-state index in [1.165, 1.54) is 36.2 Å². The predicted octanol–water partition coefficient (Wildman–Crippen LogP) is 2.88. The fraction of sp³-hybridized carbons (Fsp3) is 0.600. The van der Waals surface area contributed by atoms with Gasteiger partial charge in [0.25, 0.3) is 0 Å². The van der Waals surface area contributed by atoms with Crippen LogP contribution in [0.4, 0.5) is 5.69 Å². The third kappa shape index (κ3) is 3.22. The van der Waals surface area contributed by atoms with Gasteiger partial charge in [0.15, 0.2) is 0 Å². The number of hydrogen-bond donors (Lipinski definition) is 1. The Bertz CT molecular complexity index is 353. The summed E-state index contributed by atoms with van der Waals surface area (Å²) in [4.78, 5) is 2.52. The van der Waals surface area contributed by atoms with Crippen molar-refractivity contribution in [2.75, 3.05) is 24.5 Å². The van der Waals surface area contributed by atoms with Gasteiger partial charge < -0.3 is 10.2 Å². The maximum atomic E-state index is 3.62. The Morgan fingerprint density at radius 2 is 1.88 bits per heavy atom. The maximum Gasteiger partial charge on any atom is 0.0371 e. The Balaban J connectivity index is 2.11. The molecule has 1 atom stereocenters. The van der Waals surface area contributed by atoms with E-state index in [4.69, 9.17) is 0 Å². The molecule has 0 amide bonds. The first kappa shape index (κ1) is 12.4. The van der Waals surface area contributed by atoms with Gasteiger partial charge in [-0.1, -0.05) is 13.0 Å². The van der Waals surface area contributed by atoms with Crippen molar-refractivity contribution in [3.05, 3.63) is 29.3 Å². The molecule has 2 rings (SSSR count). The molecule has 1 N–H and O–H groups in total. The fourth-order valence-corrected chi connectivity index (χ4v) is 2.67. The van der Waals surface area contributed by atoms with Crippen molar-refractivity contribution in [2.45, 2.75) is 39.7 Å². The molecule has 1 aliphatic heterocycles. The molecule has 94 valence electrons. The summed E-state index contributed by atoms with van der Waals surface area (Å²) in [6.45, 7) is 10.0. The largest absolute Gasteiger partial charge is 0.370 e. The summed E-state index contributed by atoms with van der Waals surface area (Å²) in [6, 6.07) is 7.55. The van der Waals surface area contributed by atoms with E-state index in [9.17, 15) is 0 Å². The van der Waals surface area contributed by atoms with Gasteiger partial charge in [-0.15, -0.1) is 0 Å². The van der Waals surface area contributed by atoms with E-state index < -0.39 is 0 Å². The van der Waals surface area contributed by atoms with E-state index in [0.29, 0.717) is 6.04 Å². The second-order valence-electron chi connectivity index (χ2n) is 5.18. The van der Waals surface area contributed by atoms with Crippen LogP contribution in [0, 0.1) is 13.8 Å². The summed E-state index contributed by atoms with van der Waals surface area (Å²) >= 11 is 0. The van der Waals surface area contributed by atoms with E-state index in [2.05, 4.69) is 49.2 Å². The molecule has 0 bridgehead atoms. The Hall–Kier alpha value is -1.02. The lowest BCUT2D eigenvalue weighted by Gasteiger charge is -2.23.